The zero-order chi connectivity index (χ0) is 9.72. The Hall–Kier alpha value is -1.58. The van der Waals surface area contributed by atoms with Gasteiger partial charge in [0.15, 0.2) is 5.76 Å². The molecule has 0 unspecified atom stereocenters. The van der Waals surface area contributed by atoms with Crippen LogP contribution in [0.1, 0.15) is 6.92 Å². The number of ether oxygens (including phenoxy) is 1. The fourth-order valence-corrected chi connectivity index (χ4v) is 0.557. The van der Waals surface area contributed by atoms with Crippen LogP contribution in [0.25, 0.3) is 0 Å². The highest BCUT2D eigenvalue weighted by atomic mass is 16.5. The van der Waals surface area contributed by atoms with E-state index in [0.717, 1.165) is 6.08 Å². The van der Waals surface area contributed by atoms with Crippen molar-refractivity contribution in [2.45, 2.75) is 6.92 Å². The molecule has 0 bridgehead atoms. The van der Waals surface area contributed by atoms with Gasteiger partial charge in [-0.3, -0.25) is 9.59 Å². The molecule has 0 atom stereocenters. The van der Waals surface area contributed by atoms with Crippen LogP contribution in [0.5, 0.6) is 0 Å². The summed E-state index contributed by atoms with van der Waals surface area (Å²) < 4.78 is 4.63. The van der Waals surface area contributed by atoms with E-state index < -0.39 is 11.7 Å². The van der Waals surface area contributed by atoms with E-state index in [1.54, 1.807) is 0 Å². The van der Waals surface area contributed by atoms with Gasteiger partial charge < -0.3 is 10.5 Å². The zero-order valence-electron chi connectivity index (χ0n) is 7.09. The van der Waals surface area contributed by atoms with Crippen molar-refractivity contribution in [3.05, 3.63) is 24.0 Å². The molecular formula is C8H11NO3. The van der Waals surface area contributed by atoms with Crippen LogP contribution in [0.4, 0.5) is 0 Å². The van der Waals surface area contributed by atoms with Gasteiger partial charge in [-0.1, -0.05) is 6.58 Å². The maximum atomic E-state index is 11.1. The highest BCUT2D eigenvalue weighted by Crippen LogP contribution is 2.03. The number of carbonyl (C=O) groups excluding carboxylic acids is 2. The fourth-order valence-electron chi connectivity index (χ4n) is 0.557. The predicted molar refractivity (Wildman–Crippen MR) is 44.1 cm³/mol. The minimum atomic E-state index is -0.721. The van der Waals surface area contributed by atoms with E-state index >= 15 is 0 Å². The van der Waals surface area contributed by atoms with Gasteiger partial charge in [0.25, 0.3) is 0 Å². The van der Waals surface area contributed by atoms with Gasteiger partial charge in [-0.15, -0.1) is 0 Å². The van der Waals surface area contributed by atoms with Crippen LogP contribution in [0.15, 0.2) is 24.0 Å². The topological polar surface area (TPSA) is 69.4 Å². The maximum Gasteiger partial charge on any atom is 0.245 e. The van der Waals surface area contributed by atoms with Crippen molar-refractivity contribution in [3.8, 4) is 0 Å². The number of hydrogen-bond donors (Lipinski definition) is 1. The van der Waals surface area contributed by atoms with E-state index in [1.807, 2.05) is 0 Å². The Morgan fingerprint density at radius 1 is 1.50 bits per heavy atom. The summed E-state index contributed by atoms with van der Waals surface area (Å²) >= 11 is 0. The largest absolute Gasteiger partial charge is 0.492 e. The Bertz CT molecular complexity index is 253. The van der Waals surface area contributed by atoms with Crippen LogP contribution in [0.3, 0.4) is 0 Å². The summed E-state index contributed by atoms with van der Waals surface area (Å²) in [6.45, 7) is 4.93. The Labute approximate surface area is 70.7 Å². The van der Waals surface area contributed by atoms with Gasteiger partial charge in [-0.2, -0.15) is 0 Å². The van der Waals surface area contributed by atoms with Crippen LogP contribution in [0.2, 0.25) is 0 Å². The molecule has 0 heterocycles. The van der Waals surface area contributed by atoms with Crippen molar-refractivity contribution < 1.29 is 14.3 Å². The minimum absolute atomic E-state index is 0.0880. The molecule has 0 aliphatic heterocycles. The molecule has 0 aromatic heterocycles. The summed E-state index contributed by atoms with van der Waals surface area (Å²) in [6, 6.07) is 0. The standard InChI is InChI=1S/C8H11NO3/c1-5(2)8(11)6(12-3)4-7(9)10/h4H,1H2,2-3H3,(H2,9,10)/b6-4-. The van der Waals surface area contributed by atoms with Crippen LogP contribution >= 0.6 is 0 Å². The molecule has 12 heavy (non-hydrogen) atoms. The van der Waals surface area contributed by atoms with E-state index in [-0.39, 0.29) is 5.76 Å². The molecule has 1 amide bonds. The molecule has 0 aliphatic carbocycles. The van der Waals surface area contributed by atoms with Crippen LogP contribution < -0.4 is 5.73 Å². The Kier molecular flexibility index (Phi) is 3.76. The molecule has 0 fully saturated rings. The summed E-state index contributed by atoms with van der Waals surface area (Å²) in [5.41, 5.74) is 5.13. The lowest BCUT2D eigenvalue weighted by molar-refractivity contribution is -0.117. The number of hydrogen-bond acceptors (Lipinski definition) is 3. The van der Waals surface area contributed by atoms with Gasteiger partial charge in [0.1, 0.15) is 0 Å². The monoisotopic (exact) mass is 169 g/mol. The summed E-state index contributed by atoms with van der Waals surface area (Å²) in [4.78, 5) is 21.5. The molecule has 4 heteroatoms. The molecule has 66 valence electrons. The molecular weight excluding hydrogens is 158 g/mol. The van der Waals surface area contributed by atoms with Gasteiger partial charge in [0.2, 0.25) is 11.7 Å². The third-order valence-corrected chi connectivity index (χ3v) is 1.10. The van der Waals surface area contributed by atoms with Crippen molar-refractivity contribution in [3.63, 3.8) is 0 Å². The molecule has 0 radical (unpaired) electrons. The van der Waals surface area contributed by atoms with E-state index in [0.29, 0.717) is 5.57 Å². The van der Waals surface area contributed by atoms with Crippen molar-refractivity contribution in [1.29, 1.82) is 0 Å². The smallest absolute Gasteiger partial charge is 0.245 e. The molecule has 0 saturated carbocycles. The molecule has 0 aliphatic rings. The quantitative estimate of drug-likeness (QED) is 0.481. The van der Waals surface area contributed by atoms with Crippen LogP contribution in [-0.2, 0) is 14.3 Å². The molecule has 0 rings (SSSR count). The predicted octanol–water partition coefficient (Wildman–Crippen LogP) is 0.147. The second-order valence-electron chi connectivity index (χ2n) is 2.22. The molecule has 0 saturated heterocycles. The average Bonchev–Trinajstić information content (AvgIpc) is 1.98. The lowest BCUT2D eigenvalue weighted by atomic mass is 10.2. The number of allylic oxidation sites excluding steroid dienone is 1. The number of methoxy groups -OCH3 is 1. The third-order valence-electron chi connectivity index (χ3n) is 1.10. The first kappa shape index (κ1) is 10.4. The van der Waals surface area contributed by atoms with E-state index in [2.05, 4.69) is 11.3 Å². The molecule has 2 N–H and O–H groups in total. The minimum Gasteiger partial charge on any atom is -0.492 e. The lowest BCUT2D eigenvalue weighted by Gasteiger charge is -2.02. The highest BCUT2D eigenvalue weighted by Gasteiger charge is 2.10. The van der Waals surface area contributed by atoms with Crippen LogP contribution in [0, 0.1) is 0 Å². The van der Waals surface area contributed by atoms with Crippen LogP contribution in [-0.4, -0.2) is 18.8 Å². The summed E-state index contributed by atoms with van der Waals surface area (Å²) in [6.07, 6.45) is 0.928. The molecule has 4 nitrogen and oxygen atoms in total. The summed E-state index contributed by atoms with van der Waals surface area (Å²) in [5, 5.41) is 0. The van der Waals surface area contributed by atoms with Crippen molar-refractivity contribution >= 4 is 11.7 Å². The number of carbonyl (C=O) groups is 2. The summed E-state index contributed by atoms with van der Waals surface area (Å²) in [5.74, 6) is -1.23. The first-order valence-corrected chi connectivity index (χ1v) is 3.24. The first-order chi connectivity index (χ1) is 5.49. The number of Topliss-reactive ketones (excluding diaryl/α,β-unsaturated/α-hetero) is 1. The van der Waals surface area contributed by atoms with Gasteiger partial charge >= 0.3 is 0 Å². The average molecular weight is 169 g/mol. The Balaban J connectivity index is 4.68. The van der Waals surface area contributed by atoms with Crippen molar-refractivity contribution in [1.82, 2.24) is 0 Å². The fraction of sp³-hybridized carbons (Fsp3) is 0.250. The van der Waals surface area contributed by atoms with Crippen molar-refractivity contribution in [2.24, 2.45) is 5.73 Å². The molecule has 0 aromatic rings. The number of primary amides is 1. The van der Waals surface area contributed by atoms with Gasteiger partial charge in [-0.25, -0.2) is 0 Å². The number of nitrogens with two attached hydrogens (primary N) is 1. The van der Waals surface area contributed by atoms with E-state index in [9.17, 15) is 9.59 Å². The zero-order valence-corrected chi connectivity index (χ0v) is 7.09. The number of ketones is 1. The second-order valence-corrected chi connectivity index (χ2v) is 2.22. The van der Waals surface area contributed by atoms with Gasteiger partial charge in [0.05, 0.1) is 7.11 Å². The van der Waals surface area contributed by atoms with Gasteiger partial charge in [0, 0.05) is 6.08 Å². The molecule has 0 spiro atoms. The first-order valence-electron chi connectivity index (χ1n) is 3.24. The maximum absolute atomic E-state index is 11.1. The van der Waals surface area contributed by atoms with E-state index in [4.69, 9.17) is 5.73 Å². The lowest BCUT2D eigenvalue weighted by Crippen LogP contribution is -2.12. The Morgan fingerprint density at radius 2 is 2.00 bits per heavy atom. The highest BCUT2D eigenvalue weighted by molar-refractivity contribution is 6.09. The van der Waals surface area contributed by atoms with Gasteiger partial charge in [-0.05, 0) is 12.5 Å². The SMILES string of the molecule is C=C(C)C(=O)/C(=C/C(N)=O)OC. The Morgan fingerprint density at radius 3 is 2.25 bits per heavy atom. The molecule has 0 aromatic carbocycles. The second kappa shape index (κ2) is 4.33. The number of amides is 1. The third kappa shape index (κ3) is 3.01. The normalized spacial score (nSPS) is 10.7. The van der Waals surface area contributed by atoms with E-state index in [1.165, 1.54) is 14.0 Å². The number of rotatable bonds is 4. The summed E-state index contributed by atoms with van der Waals surface area (Å²) in [7, 11) is 1.29. The van der Waals surface area contributed by atoms with Crippen molar-refractivity contribution in [2.75, 3.05) is 7.11 Å².